The van der Waals surface area contributed by atoms with Crippen molar-refractivity contribution in [3.8, 4) is 11.8 Å². The van der Waals surface area contributed by atoms with Crippen molar-refractivity contribution in [2.75, 3.05) is 13.2 Å². The van der Waals surface area contributed by atoms with Gasteiger partial charge in [0.15, 0.2) is 0 Å². The van der Waals surface area contributed by atoms with Crippen LogP contribution in [0.15, 0.2) is 36.4 Å². The van der Waals surface area contributed by atoms with Gasteiger partial charge in [0.25, 0.3) is 5.91 Å². The van der Waals surface area contributed by atoms with Crippen LogP contribution in [0.4, 0.5) is 18.0 Å². The van der Waals surface area contributed by atoms with Crippen molar-refractivity contribution in [1.82, 2.24) is 25.2 Å². The number of pyridine rings is 1. The van der Waals surface area contributed by atoms with E-state index in [-0.39, 0.29) is 31.2 Å². The topological polar surface area (TPSA) is 182 Å². The number of alkyl halides is 3. The Bertz CT molecular complexity index is 2160. The SMILES string of the molecule is C[C@H]1CC/C=C\[C@@H]2C[C@@]2(C(=O)NS(=O)(=O)C2(C)CC2)NC(=O)[C@@H]2C[C@@H](Oc3nc4c(c5ccccc35)CCCO4)CN2C(=O)[C@@H](NC(=O)OC(C)(C)C(F)(F)F)[C@H](C)C1. The summed E-state index contributed by atoms with van der Waals surface area (Å²) in [7, 11) is -4.08. The van der Waals surface area contributed by atoms with E-state index < -0.39 is 85.9 Å². The van der Waals surface area contributed by atoms with Gasteiger partial charge in [-0.25, -0.2) is 13.2 Å². The number of rotatable bonds is 7. The maximum Gasteiger partial charge on any atom is 0.427 e. The van der Waals surface area contributed by atoms with E-state index in [4.69, 9.17) is 19.2 Å². The van der Waals surface area contributed by atoms with Crippen molar-refractivity contribution < 1.29 is 55.0 Å². The maximum atomic E-state index is 14.8. The Labute approximate surface area is 341 Å². The molecule has 7 atom stereocenters. The molecule has 4 amide bonds. The van der Waals surface area contributed by atoms with Crippen LogP contribution in [0.25, 0.3) is 10.8 Å². The number of aryl methyl sites for hydroxylation is 1. The second-order valence-electron chi connectivity index (χ2n) is 17.7. The number of carbonyl (C=O) groups is 4. The minimum absolute atomic E-state index is 0.0352. The van der Waals surface area contributed by atoms with E-state index in [1.54, 1.807) is 19.9 Å². The fourth-order valence-electron chi connectivity index (χ4n) is 8.34. The number of amides is 4. The number of hydrogen-bond donors (Lipinski definition) is 3. The number of hydrogen-bond acceptors (Lipinski definition) is 10. The highest BCUT2D eigenvalue weighted by molar-refractivity contribution is 7.91. The second kappa shape index (κ2) is 15.4. The van der Waals surface area contributed by atoms with E-state index in [0.29, 0.717) is 63.8 Å². The van der Waals surface area contributed by atoms with Gasteiger partial charge in [0, 0.05) is 23.3 Å². The molecule has 59 heavy (non-hydrogen) atoms. The highest BCUT2D eigenvalue weighted by Crippen LogP contribution is 2.48. The molecule has 3 N–H and O–H groups in total. The van der Waals surface area contributed by atoms with Crippen molar-refractivity contribution in [1.29, 1.82) is 0 Å². The van der Waals surface area contributed by atoms with Crippen LogP contribution in [-0.2, 0) is 35.6 Å². The molecule has 14 nitrogen and oxygen atoms in total. The molecule has 0 radical (unpaired) electrons. The fourth-order valence-corrected chi connectivity index (χ4v) is 9.65. The Kier molecular flexibility index (Phi) is 11.1. The van der Waals surface area contributed by atoms with Crippen LogP contribution >= 0.6 is 0 Å². The summed E-state index contributed by atoms with van der Waals surface area (Å²) in [4.78, 5) is 62.4. The van der Waals surface area contributed by atoms with Crippen molar-refractivity contribution in [3.05, 3.63) is 42.0 Å². The number of fused-ring (bicyclic) bond motifs is 5. The molecule has 0 unspecified atom stereocenters. The molecule has 1 aromatic heterocycles. The lowest BCUT2D eigenvalue weighted by Crippen LogP contribution is -2.59. The number of nitrogens with zero attached hydrogens (tertiary/aromatic N) is 2. The van der Waals surface area contributed by atoms with Gasteiger partial charge in [-0.1, -0.05) is 44.2 Å². The van der Waals surface area contributed by atoms with Crippen molar-refractivity contribution in [2.45, 2.75) is 133 Å². The predicted octanol–water partition coefficient (Wildman–Crippen LogP) is 5.23. The molecular formula is C41H52F3N5O9S. The van der Waals surface area contributed by atoms with Crippen LogP contribution in [0.2, 0.25) is 0 Å². The molecule has 0 bridgehead atoms. The van der Waals surface area contributed by atoms with E-state index in [0.717, 1.165) is 23.8 Å². The van der Waals surface area contributed by atoms with E-state index in [1.165, 1.54) is 4.90 Å². The molecule has 3 aliphatic heterocycles. The Balaban J connectivity index is 1.24. The molecule has 3 fully saturated rings. The van der Waals surface area contributed by atoms with E-state index in [2.05, 4.69) is 15.4 Å². The van der Waals surface area contributed by atoms with Gasteiger partial charge in [0.1, 0.15) is 23.7 Å². The number of nitrogens with one attached hydrogen (secondary N) is 3. The first-order chi connectivity index (χ1) is 27.6. The molecule has 2 aliphatic carbocycles. The average Bonchev–Trinajstić information content (AvgIpc) is 4.04. The molecule has 2 saturated carbocycles. The lowest BCUT2D eigenvalue weighted by Gasteiger charge is -2.34. The standard InChI is InChI=1S/C41H52F3N5O9S/c1-23-11-6-7-12-25-21-40(25,36(52)48-59(54,55)39(5)16-17-39)47-32(50)30-20-26(57-34-29-14-9-8-13-27(29)28-15-10-18-56-33(28)46-34)22-49(30)35(51)31(24(2)19-23)45-37(53)58-38(3,4)41(42,43)44/h7-9,12-14,23-26,30-31H,6,10-11,15-22H2,1-5H3,(H,45,53)(H,47,50)(H,48,52)/b12-7-/t23-,24+,25+,26+,30-,31-,40+/m0/s1. The number of sulfonamides is 1. The zero-order valence-electron chi connectivity index (χ0n) is 33.8. The number of alkyl carbamates (subject to hydrolysis) is 1. The molecule has 18 heteroatoms. The summed E-state index contributed by atoms with van der Waals surface area (Å²) in [5, 5.41) is 6.77. The van der Waals surface area contributed by atoms with Gasteiger partial charge in [-0.15, -0.1) is 0 Å². The number of carbonyl (C=O) groups excluding carboxylic acids is 4. The Hall–Kier alpha value is -4.61. The Morgan fingerprint density at radius 3 is 2.49 bits per heavy atom. The van der Waals surface area contributed by atoms with Gasteiger partial charge in [0.2, 0.25) is 39.2 Å². The van der Waals surface area contributed by atoms with Crippen LogP contribution in [0, 0.1) is 17.8 Å². The van der Waals surface area contributed by atoms with Gasteiger partial charge in [-0.3, -0.25) is 19.1 Å². The van der Waals surface area contributed by atoms with Gasteiger partial charge < -0.3 is 29.7 Å². The van der Waals surface area contributed by atoms with Gasteiger partial charge >= 0.3 is 12.3 Å². The van der Waals surface area contributed by atoms with Crippen molar-refractivity contribution >= 4 is 44.6 Å². The molecular weight excluding hydrogens is 796 g/mol. The van der Waals surface area contributed by atoms with Gasteiger partial charge in [0.05, 0.1) is 17.9 Å². The number of benzene rings is 1. The molecule has 1 aromatic carbocycles. The number of halogens is 3. The molecule has 1 saturated heterocycles. The zero-order valence-corrected chi connectivity index (χ0v) is 34.6. The molecule has 7 rings (SSSR count). The van der Waals surface area contributed by atoms with Crippen LogP contribution < -0.4 is 24.8 Å². The zero-order chi connectivity index (χ0) is 42.7. The van der Waals surface area contributed by atoms with Crippen LogP contribution in [0.3, 0.4) is 0 Å². The highest BCUT2D eigenvalue weighted by atomic mass is 32.2. The Morgan fingerprint density at radius 2 is 1.80 bits per heavy atom. The first kappa shape index (κ1) is 42.5. The summed E-state index contributed by atoms with van der Waals surface area (Å²) < 4.78 is 86.1. The molecule has 2 aromatic rings. The third-order valence-corrected chi connectivity index (χ3v) is 14.7. The summed E-state index contributed by atoms with van der Waals surface area (Å²) in [6.07, 6.45) is 0.267. The summed E-state index contributed by atoms with van der Waals surface area (Å²) in [6, 6.07) is 4.73. The largest absolute Gasteiger partial charge is 0.477 e. The minimum atomic E-state index is -4.91. The van der Waals surface area contributed by atoms with Crippen molar-refractivity contribution in [2.24, 2.45) is 17.8 Å². The quantitative estimate of drug-likeness (QED) is 0.312. The first-order valence-electron chi connectivity index (χ1n) is 20.3. The minimum Gasteiger partial charge on any atom is -0.477 e. The lowest BCUT2D eigenvalue weighted by atomic mass is 9.88. The van der Waals surface area contributed by atoms with Gasteiger partial charge in [-0.05, 0) is 95.4 Å². The maximum absolute atomic E-state index is 14.8. The normalized spacial score (nSPS) is 30.2. The Morgan fingerprint density at radius 1 is 1.08 bits per heavy atom. The monoisotopic (exact) mass is 847 g/mol. The third-order valence-electron chi connectivity index (χ3n) is 12.6. The molecule has 0 spiro atoms. The highest BCUT2D eigenvalue weighted by Gasteiger charge is 2.63. The third kappa shape index (κ3) is 8.42. The van der Waals surface area contributed by atoms with E-state index in [9.17, 15) is 40.8 Å². The van der Waals surface area contributed by atoms with Gasteiger partial charge in [-0.2, -0.15) is 18.2 Å². The number of aromatic nitrogens is 1. The summed E-state index contributed by atoms with van der Waals surface area (Å²) in [5.41, 5.74) is -3.59. The first-order valence-corrected chi connectivity index (χ1v) is 21.8. The molecule has 322 valence electrons. The molecule has 5 aliphatic rings. The number of ether oxygens (including phenoxy) is 3. The number of allylic oxidation sites excluding steroid dienone is 1. The van der Waals surface area contributed by atoms with Crippen LogP contribution in [0.1, 0.15) is 91.5 Å². The van der Waals surface area contributed by atoms with Crippen molar-refractivity contribution in [3.63, 3.8) is 0 Å². The van der Waals surface area contributed by atoms with Crippen LogP contribution in [0.5, 0.6) is 11.8 Å². The summed E-state index contributed by atoms with van der Waals surface area (Å²) >= 11 is 0. The van der Waals surface area contributed by atoms with E-state index >= 15 is 0 Å². The molecule has 4 heterocycles. The summed E-state index contributed by atoms with van der Waals surface area (Å²) in [5.74, 6) is -3.03. The average molecular weight is 848 g/mol. The van der Waals surface area contributed by atoms with E-state index in [1.807, 2.05) is 37.3 Å². The lowest BCUT2D eigenvalue weighted by molar-refractivity contribution is -0.244. The predicted molar refractivity (Wildman–Crippen MR) is 209 cm³/mol. The summed E-state index contributed by atoms with van der Waals surface area (Å²) in [6.45, 7) is 6.84. The smallest absolute Gasteiger partial charge is 0.427 e. The fraction of sp³-hybridized carbons (Fsp3) is 0.634. The van der Waals surface area contributed by atoms with Crippen LogP contribution in [-0.4, -0.2) is 95.5 Å². The second-order valence-corrected chi connectivity index (χ2v) is 19.9.